The summed E-state index contributed by atoms with van der Waals surface area (Å²) in [6, 6.07) is 18.5. The topological polar surface area (TPSA) is 17.1 Å². The zero-order chi connectivity index (χ0) is 20.8. The summed E-state index contributed by atoms with van der Waals surface area (Å²) in [5.74, 6) is 2.56. The van der Waals surface area contributed by atoms with Gasteiger partial charge in [0.25, 0.3) is 0 Å². The van der Waals surface area contributed by atoms with Crippen LogP contribution in [0.3, 0.4) is 0 Å². The van der Waals surface area contributed by atoms with E-state index in [-0.39, 0.29) is 0 Å². The normalized spacial score (nSPS) is 26.8. The van der Waals surface area contributed by atoms with Crippen molar-refractivity contribution in [1.82, 2.24) is 0 Å². The number of benzene rings is 2. The van der Waals surface area contributed by atoms with Gasteiger partial charge >= 0.3 is 0 Å². The van der Waals surface area contributed by atoms with E-state index in [1.54, 1.807) is 0 Å². The molecule has 0 bridgehead atoms. The molecule has 2 saturated carbocycles. The van der Waals surface area contributed by atoms with Crippen LogP contribution in [-0.4, -0.2) is 6.29 Å². The fourth-order valence-electron chi connectivity index (χ4n) is 5.62. The first-order chi connectivity index (χ1) is 14.8. The molecule has 2 aliphatic carbocycles. The van der Waals surface area contributed by atoms with E-state index in [4.69, 9.17) is 0 Å². The molecule has 2 fully saturated rings. The van der Waals surface area contributed by atoms with Gasteiger partial charge in [0.1, 0.15) is 6.29 Å². The lowest BCUT2D eigenvalue weighted by atomic mass is 9.77. The van der Waals surface area contributed by atoms with E-state index in [1.165, 1.54) is 60.8 Å². The summed E-state index contributed by atoms with van der Waals surface area (Å²) in [5, 5.41) is 0. The molecular formula is C29H36O. The van der Waals surface area contributed by atoms with E-state index >= 15 is 0 Å². The Morgan fingerprint density at radius 3 is 1.60 bits per heavy atom. The highest BCUT2D eigenvalue weighted by atomic mass is 16.1. The first-order valence-corrected chi connectivity index (χ1v) is 12.0. The van der Waals surface area contributed by atoms with Crippen molar-refractivity contribution >= 4 is 6.29 Å². The second-order valence-corrected chi connectivity index (χ2v) is 9.58. The molecule has 0 N–H and O–H groups in total. The Balaban J connectivity index is 1.34. The number of carbonyl (C=O) groups excluding carboxylic acids is 1. The third kappa shape index (κ3) is 5.12. The van der Waals surface area contributed by atoms with E-state index in [0.29, 0.717) is 11.8 Å². The molecule has 0 spiro atoms. The molecule has 0 atom stereocenters. The van der Waals surface area contributed by atoms with Gasteiger partial charge in [-0.15, -0.1) is 6.58 Å². The molecule has 0 radical (unpaired) electrons. The van der Waals surface area contributed by atoms with Gasteiger partial charge in [0.2, 0.25) is 0 Å². The van der Waals surface area contributed by atoms with Gasteiger partial charge in [-0.1, -0.05) is 54.6 Å². The molecule has 0 heterocycles. The summed E-state index contributed by atoms with van der Waals surface area (Å²) in [6.07, 6.45) is 15.5. The van der Waals surface area contributed by atoms with Crippen LogP contribution in [0.1, 0.15) is 87.2 Å². The van der Waals surface area contributed by atoms with E-state index in [1.807, 2.05) is 0 Å². The van der Waals surface area contributed by atoms with Gasteiger partial charge in [-0.05, 0) is 104 Å². The molecule has 0 saturated heterocycles. The number of hydrogen-bond acceptors (Lipinski definition) is 1. The van der Waals surface area contributed by atoms with Crippen LogP contribution in [0, 0.1) is 11.8 Å². The lowest BCUT2D eigenvalue weighted by Gasteiger charge is -2.28. The lowest BCUT2D eigenvalue weighted by molar-refractivity contribution is -0.111. The third-order valence-corrected chi connectivity index (χ3v) is 7.69. The Morgan fingerprint density at radius 2 is 1.17 bits per heavy atom. The molecule has 2 aliphatic rings. The number of allylic oxidation sites excluding steroid dienone is 1. The van der Waals surface area contributed by atoms with Crippen molar-refractivity contribution in [1.29, 1.82) is 0 Å². The molecule has 0 aliphatic heterocycles. The minimum atomic E-state index is 0.293. The summed E-state index contributed by atoms with van der Waals surface area (Å²) < 4.78 is 0. The summed E-state index contributed by atoms with van der Waals surface area (Å²) >= 11 is 0. The van der Waals surface area contributed by atoms with Crippen molar-refractivity contribution in [3.8, 4) is 11.1 Å². The quantitative estimate of drug-likeness (QED) is 0.339. The monoisotopic (exact) mass is 400 g/mol. The Hall–Kier alpha value is -2.15. The molecule has 1 nitrogen and oxygen atoms in total. The second-order valence-electron chi connectivity index (χ2n) is 9.58. The molecule has 2 aromatic carbocycles. The van der Waals surface area contributed by atoms with Crippen LogP contribution in [-0.2, 0) is 4.79 Å². The molecule has 0 amide bonds. The van der Waals surface area contributed by atoms with E-state index in [0.717, 1.165) is 43.8 Å². The largest absolute Gasteiger partial charge is 0.303 e. The molecule has 0 aromatic heterocycles. The van der Waals surface area contributed by atoms with Gasteiger partial charge in [-0.2, -0.15) is 0 Å². The number of hydrogen-bond donors (Lipinski definition) is 0. The van der Waals surface area contributed by atoms with Crippen LogP contribution >= 0.6 is 0 Å². The molecule has 158 valence electrons. The van der Waals surface area contributed by atoms with Gasteiger partial charge in [0, 0.05) is 5.92 Å². The highest BCUT2D eigenvalue weighted by Crippen LogP contribution is 2.39. The van der Waals surface area contributed by atoms with Crippen LogP contribution in [0.4, 0.5) is 0 Å². The Morgan fingerprint density at radius 1 is 0.700 bits per heavy atom. The first kappa shape index (κ1) is 21.1. The first-order valence-electron chi connectivity index (χ1n) is 12.0. The Bertz CT molecular complexity index is 800. The fourth-order valence-corrected chi connectivity index (χ4v) is 5.62. The van der Waals surface area contributed by atoms with Crippen molar-refractivity contribution in [2.45, 2.75) is 76.0 Å². The maximum atomic E-state index is 11.0. The SMILES string of the molecule is C=CCCC1CCC(c2ccc(-c3ccc(C4CCC(C=O)CC4)cc3)cc2)CC1. The van der Waals surface area contributed by atoms with E-state index in [9.17, 15) is 4.79 Å². The minimum Gasteiger partial charge on any atom is -0.303 e. The molecule has 0 unspecified atom stereocenters. The average Bonchev–Trinajstić information content (AvgIpc) is 2.83. The molecule has 4 rings (SSSR count). The zero-order valence-corrected chi connectivity index (χ0v) is 18.3. The van der Waals surface area contributed by atoms with Crippen LogP contribution in [0.15, 0.2) is 61.2 Å². The molecular weight excluding hydrogens is 364 g/mol. The van der Waals surface area contributed by atoms with Gasteiger partial charge in [0.05, 0.1) is 0 Å². The summed E-state index contributed by atoms with van der Waals surface area (Å²) in [7, 11) is 0. The van der Waals surface area contributed by atoms with Crippen molar-refractivity contribution < 1.29 is 4.79 Å². The number of aldehydes is 1. The number of rotatable bonds is 7. The summed E-state index contributed by atoms with van der Waals surface area (Å²) in [4.78, 5) is 11.0. The average molecular weight is 401 g/mol. The molecule has 30 heavy (non-hydrogen) atoms. The van der Waals surface area contributed by atoms with Crippen molar-refractivity contribution in [3.05, 3.63) is 72.3 Å². The Labute approximate surface area is 182 Å². The molecule has 1 heteroatoms. The van der Waals surface area contributed by atoms with Crippen molar-refractivity contribution in [3.63, 3.8) is 0 Å². The van der Waals surface area contributed by atoms with E-state index in [2.05, 4.69) is 61.2 Å². The van der Waals surface area contributed by atoms with Crippen LogP contribution in [0.5, 0.6) is 0 Å². The predicted octanol–water partition coefficient (Wildman–Crippen LogP) is 8.07. The minimum absolute atomic E-state index is 0.293. The van der Waals surface area contributed by atoms with Crippen molar-refractivity contribution in [2.24, 2.45) is 11.8 Å². The van der Waals surface area contributed by atoms with Crippen molar-refractivity contribution in [2.75, 3.05) is 0 Å². The van der Waals surface area contributed by atoms with Crippen LogP contribution in [0.2, 0.25) is 0 Å². The third-order valence-electron chi connectivity index (χ3n) is 7.69. The van der Waals surface area contributed by atoms with E-state index < -0.39 is 0 Å². The van der Waals surface area contributed by atoms with Crippen LogP contribution < -0.4 is 0 Å². The summed E-state index contributed by atoms with van der Waals surface area (Å²) in [5.41, 5.74) is 5.58. The van der Waals surface area contributed by atoms with Gasteiger partial charge in [0.15, 0.2) is 0 Å². The smallest absolute Gasteiger partial charge is 0.123 e. The fraction of sp³-hybridized carbons (Fsp3) is 0.483. The second kappa shape index (κ2) is 10.2. The summed E-state index contributed by atoms with van der Waals surface area (Å²) in [6.45, 7) is 3.86. The number of carbonyl (C=O) groups is 1. The predicted molar refractivity (Wildman–Crippen MR) is 127 cm³/mol. The zero-order valence-electron chi connectivity index (χ0n) is 18.3. The Kier molecular flexibility index (Phi) is 7.20. The standard InChI is InChI=1S/C29H36O/c1-2-3-4-22-5-9-24(10-6-22)26-13-17-28(18-14-26)29-19-15-27(16-20-29)25-11-7-23(21-30)8-12-25/h2,13-25H,1,3-12H2. The highest BCUT2D eigenvalue weighted by molar-refractivity contribution is 5.64. The van der Waals surface area contributed by atoms with Gasteiger partial charge in [-0.3, -0.25) is 0 Å². The van der Waals surface area contributed by atoms with Gasteiger partial charge in [-0.25, -0.2) is 0 Å². The highest BCUT2D eigenvalue weighted by Gasteiger charge is 2.23. The maximum Gasteiger partial charge on any atom is 0.123 e. The molecule has 2 aromatic rings. The lowest BCUT2D eigenvalue weighted by Crippen LogP contribution is -2.14. The van der Waals surface area contributed by atoms with Crippen LogP contribution in [0.25, 0.3) is 11.1 Å². The van der Waals surface area contributed by atoms with Gasteiger partial charge < -0.3 is 4.79 Å². The maximum absolute atomic E-state index is 11.0.